The number of nitrogens with one attached hydrogen (secondary N) is 1. The normalized spacial score (nSPS) is 12.0. The first-order valence-electron chi connectivity index (χ1n) is 7.26. The van der Waals surface area contributed by atoms with Crippen LogP contribution < -0.4 is 14.8 Å². The molecule has 116 valence electrons. The standard InChI is InChI=1S/C19H17NO3/c1-13(14-9-10-17-15(12-14)6-5-11-23-17)19(21)20-16-7-3-4-8-18(16)22-2/h3-10,12H,1,11H2,2H3,(H,20,21). The van der Waals surface area contributed by atoms with E-state index in [1.807, 2.05) is 42.5 Å². The number of fused-ring (bicyclic) bond motifs is 1. The molecule has 1 amide bonds. The van der Waals surface area contributed by atoms with E-state index in [1.54, 1.807) is 19.2 Å². The molecule has 0 radical (unpaired) electrons. The number of carbonyl (C=O) groups excluding carboxylic acids is 1. The van der Waals surface area contributed by atoms with Gasteiger partial charge in [-0.25, -0.2) is 0 Å². The van der Waals surface area contributed by atoms with Crippen LogP contribution in [-0.2, 0) is 4.79 Å². The van der Waals surface area contributed by atoms with Gasteiger partial charge < -0.3 is 14.8 Å². The van der Waals surface area contributed by atoms with Crippen LogP contribution in [0.15, 0.2) is 55.1 Å². The van der Waals surface area contributed by atoms with Gasteiger partial charge >= 0.3 is 0 Å². The molecule has 3 rings (SSSR count). The van der Waals surface area contributed by atoms with Crippen molar-refractivity contribution in [3.63, 3.8) is 0 Å². The summed E-state index contributed by atoms with van der Waals surface area (Å²) in [6.45, 7) is 4.48. The van der Waals surface area contributed by atoms with E-state index in [4.69, 9.17) is 9.47 Å². The van der Waals surface area contributed by atoms with Gasteiger partial charge in [-0.2, -0.15) is 0 Å². The van der Waals surface area contributed by atoms with Crippen LogP contribution in [-0.4, -0.2) is 19.6 Å². The van der Waals surface area contributed by atoms with Gasteiger partial charge in [-0.3, -0.25) is 4.79 Å². The van der Waals surface area contributed by atoms with E-state index in [0.717, 1.165) is 16.9 Å². The zero-order valence-electron chi connectivity index (χ0n) is 12.8. The molecule has 0 aromatic heterocycles. The summed E-state index contributed by atoms with van der Waals surface area (Å²) >= 11 is 0. The highest BCUT2D eigenvalue weighted by Gasteiger charge is 2.14. The van der Waals surface area contributed by atoms with Crippen molar-refractivity contribution in [2.24, 2.45) is 0 Å². The second-order valence-electron chi connectivity index (χ2n) is 5.10. The second kappa shape index (κ2) is 6.40. The van der Waals surface area contributed by atoms with E-state index in [-0.39, 0.29) is 5.91 Å². The molecule has 2 aromatic rings. The quantitative estimate of drug-likeness (QED) is 0.875. The van der Waals surface area contributed by atoms with E-state index in [9.17, 15) is 4.79 Å². The van der Waals surface area contributed by atoms with E-state index in [0.29, 0.717) is 23.6 Å². The van der Waals surface area contributed by atoms with E-state index in [1.165, 1.54) is 0 Å². The molecular formula is C19H17NO3. The number of hydrogen-bond donors (Lipinski definition) is 1. The number of hydrogen-bond acceptors (Lipinski definition) is 3. The third-order valence-electron chi connectivity index (χ3n) is 3.62. The third kappa shape index (κ3) is 3.11. The van der Waals surface area contributed by atoms with Gasteiger partial charge in [-0.05, 0) is 35.9 Å². The molecule has 0 saturated carbocycles. The molecule has 0 unspecified atom stereocenters. The Balaban J connectivity index is 1.80. The molecule has 1 aliphatic heterocycles. The summed E-state index contributed by atoms with van der Waals surface area (Å²) in [6.07, 6.45) is 3.91. The van der Waals surface area contributed by atoms with E-state index < -0.39 is 0 Å². The summed E-state index contributed by atoms with van der Waals surface area (Å²) in [5.41, 5.74) is 2.70. The third-order valence-corrected chi connectivity index (χ3v) is 3.62. The lowest BCUT2D eigenvalue weighted by molar-refractivity contribution is -0.111. The fourth-order valence-corrected chi connectivity index (χ4v) is 2.39. The number of amides is 1. The van der Waals surface area contributed by atoms with Crippen LogP contribution in [0.5, 0.6) is 11.5 Å². The minimum absolute atomic E-state index is 0.268. The predicted molar refractivity (Wildman–Crippen MR) is 91.6 cm³/mol. The Bertz CT molecular complexity index is 793. The van der Waals surface area contributed by atoms with Crippen LogP contribution in [0.25, 0.3) is 11.6 Å². The molecule has 0 spiro atoms. The van der Waals surface area contributed by atoms with Crippen LogP contribution in [0.1, 0.15) is 11.1 Å². The lowest BCUT2D eigenvalue weighted by atomic mass is 10.0. The minimum Gasteiger partial charge on any atom is -0.495 e. The molecule has 4 nitrogen and oxygen atoms in total. The first-order valence-corrected chi connectivity index (χ1v) is 7.26. The summed E-state index contributed by atoms with van der Waals surface area (Å²) in [7, 11) is 1.57. The molecular weight excluding hydrogens is 290 g/mol. The lowest BCUT2D eigenvalue weighted by Crippen LogP contribution is -2.14. The number of benzene rings is 2. The van der Waals surface area contributed by atoms with Gasteiger partial charge in [0.15, 0.2) is 0 Å². The average Bonchev–Trinajstić information content (AvgIpc) is 2.61. The first kappa shape index (κ1) is 14.9. The maximum absolute atomic E-state index is 12.4. The van der Waals surface area contributed by atoms with Gasteiger partial charge in [0.2, 0.25) is 0 Å². The summed E-state index contributed by atoms with van der Waals surface area (Å²) in [5, 5.41) is 2.83. The van der Waals surface area contributed by atoms with E-state index >= 15 is 0 Å². The number of methoxy groups -OCH3 is 1. The molecule has 0 bridgehead atoms. The van der Waals surface area contributed by atoms with Crippen LogP contribution in [0.2, 0.25) is 0 Å². The lowest BCUT2D eigenvalue weighted by Gasteiger charge is -2.15. The molecule has 1 heterocycles. The number of anilines is 1. The smallest absolute Gasteiger partial charge is 0.255 e. The van der Waals surface area contributed by atoms with Crippen molar-refractivity contribution in [1.82, 2.24) is 0 Å². The van der Waals surface area contributed by atoms with Gasteiger partial charge in [0, 0.05) is 11.1 Å². The molecule has 23 heavy (non-hydrogen) atoms. The highest BCUT2D eigenvalue weighted by atomic mass is 16.5. The van der Waals surface area contributed by atoms with Crippen LogP contribution in [0.3, 0.4) is 0 Å². The maximum atomic E-state index is 12.4. The fourth-order valence-electron chi connectivity index (χ4n) is 2.39. The van der Waals surface area contributed by atoms with Crippen LogP contribution in [0.4, 0.5) is 5.69 Å². The van der Waals surface area contributed by atoms with Crippen molar-refractivity contribution >= 4 is 23.2 Å². The van der Waals surface area contributed by atoms with Crippen molar-refractivity contribution in [2.45, 2.75) is 0 Å². The first-order chi connectivity index (χ1) is 11.2. The van der Waals surface area contributed by atoms with Gasteiger partial charge in [0.05, 0.1) is 12.8 Å². The molecule has 0 atom stereocenters. The fraction of sp³-hybridized carbons (Fsp3) is 0.105. The molecule has 1 N–H and O–H groups in total. The van der Waals surface area contributed by atoms with Crippen molar-refractivity contribution < 1.29 is 14.3 Å². The Hall–Kier alpha value is -3.01. The number of rotatable bonds is 4. The summed E-state index contributed by atoms with van der Waals surface area (Å²) in [6, 6.07) is 12.8. The Morgan fingerprint density at radius 1 is 1.26 bits per heavy atom. The molecule has 4 heteroatoms. The van der Waals surface area contributed by atoms with Gasteiger partial charge in [0.1, 0.15) is 18.1 Å². The van der Waals surface area contributed by atoms with Crippen molar-refractivity contribution in [3.8, 4) is 11.5 Å². The monoisotopic (exact) mass is 307 g/mol. The summed E-state index contributed by atoms with van der Waals surface area (Å²) in [4.78, 5) is 12.4. The molecule has 2 aromatic carbocycles. The Kier molecular flexibility index (Phi) is 4.15. The Morgan fingerprint density at radius 2 is 2.09 bits per heavy atom. The van der Waals surface area contributed by atoms with Crippen molar-refractivity contribution in [3.05, 3.63) is 66.2 Å². The zero-order chi connectivity index (χ0) is 16.2. The SMILES string of the molecule is C=C(C(=O)Nc1ccccc1OC)c1ccc2c(c1)C=CCO2. The second-order valence-corrected chi connectivity index (χ2v) is 5.10. The van der Waals surface area contributed by atoms with Gasteiger partial charge in [0.25, 0.3) is 5.91 Å². The zero-order valence-corrected chi connectivity index (χ0v) is 12.8. The molecule has 0 aliphatic carbocycles. The number of para-hydroxylation sites is 2. The van der Waals surface area contributed by atoms with Crippen molar-refractivity contribution in [2.75, 3.05) is 19.0 Å². The topological polar surface area (TPSA) is 47.6 Å². The largest absolute Gasteiger partial charge is 0.495 e. The number of ether oxygens (including phenoxy) is 2. The Morgan fingerprint density at radius 3 is 2.91 bits per heavy atom. The molecule has 1 aliphatic rings. The highest BCUT2D eigenvalue weighted by Crippen LogP contribution is 2.28. The minimum atomic E-state index is -0.268. The van der Waals surface area contributed by atoms with Crippen molar-refractivity contribution in [1.29, 1.82) is 0 Å². The predicted octanol–water partition coefficient (Wildman–Crippen LogP) is 3.75. The Labute approximate surface area is 135 Å². The summed E-state index contributed by atoms with van der Waals surface area (Å²) < 4.78 is 10.7. The van der Waals surface area contributed by atoms with Gasteiger partial charge in [-0.1, -0.05) is 30.9 Å². The highest BCUT2D eigenvalue weighted by molar-refractivity contribution is 6.25. The average molecular weight is 307 g/mol. The van der Waals surface area contributed by atoms with E-state index in [2.05, 4.69) is 11.9 Å². The number of carbonyl (C=O) groups is 1. The molecule has 0 saturated heterocycles. The maximum Gasteiger partial charge on any atom is 0.255 e. The van der Waals surface area contributed by atoms with Crippen LogP contribution >= 0.6 is 0 Å². The summed E-state index contributed by atoms with van der Waals surface area (Å²) in [5.74, 6) is 1.15. The van der Waals surface area contributed by atoms with Gasteiger partial charge in [-0.15, -0.1) is 0 Å². The molecule has 0 fully saturated rings. The van der Waals surface area contributed by atoms with Crippen LogP contribution in [0, 0.1) is 0 Å².